The van der Waals surface area contributed by atoms with Crippen LogP contribution in [0.5, 0.6) is 0 Å². The number of aliphatic hydroxyl groups is 1. The molecule has 2 aromatic rings. The lowest BCUT2D eigenvalue weighted by Crippen LogP contribution is -2.15. The van der Waals surface area contributed by atoms with Crippen LogP contribution in [0.25, 0.3) is 0 Å². The van der Waals surface area contributed by atoms with Gasteiger partial charge in [0, 0.05) is 0 Å². The van der Waals surface area contributed by atoms with Gasteiger partial charge in [-0.05, 0) is 42.7 Å². The van der Waals surface area contributed by atoms with Gasteiger partial charge < -0.3 is 10.4 Å². The Morgan fingerprint density at radius 1 is 1.11 bits per heavy atom. The second kappa shape index (κ2) is 6.09. The molecule has 2 aromatic carbocycles. The van der Waals surface area contributed by atoms with Crippen molar-refractivity contribution >= 4 is 17.3 Å². The normalized spacial score (nSPS) is 12.2. The molecule has 0 saturated heterocycles. The van der Waals surface area contributed by atoms with E-state index >= 15 is 0 Å². The van der Waals surface area contributed by atoms with Gasteiger partial charge in [-0.25, -0.2) is 0 Å². The minimum absolute atomic E-state index is 0.0216. The van der Waals surface area contributed by atoms with E-state index in [0.29, 0.717) is 5.02 Å². The molecule has 2 nitrogen and oxygen atoms in total. The summed E-state index contributed by atoms with van der Waals surface area (Å²) in [5.41, 5.74) is 4.36. The maximum absolute atomic E-state index is 9.59. The van der Waals surface area contributed by atoms with Crippen LogP contribution < -0.4 is 5.32 Å². The Balaban J connectivity index is 2.25. The van der Waals surface area contributed by atoms with Gasteiger partial charge in [0.25, 0.3) is 0 Å². The number of aryl methyl sites for hydroxylation is 2. The van der Waals surface area contributed by atoms with Crippen molar-refractivity contribution in [3.05, 3.63) is 64.2 Å². The van der Waals surface area contributed by atoms with Crippen LogP contribution in [0.4, 0.5) is 5.69 Å². The number of benzene rings is 2. The Labute approximate surface area is 119 Å². The zero-order valence-corrected chi connectivity index (χ0v) is 11.9. The lowest BCUT2D eigenvalue weighted by atomic mass is 10.0. The lowest BCUT2D eigenvalue weighted by molar-refractivity contribution is 0.276. The molecule has 0 radical (unpaired) electrons. The van der Waals surface area contributed by atoms with Gasteiger partial charge in [-0.2, -0.15) is 0 Å². The molecule has 2 N–H and O–H groups in total. The summed E-state index contributed by atoms with van der Waals surface area (Å²) in [5, 5.41) is 13.5. The maximum Gasteiger partial charge on any atom is 0.0745 e. The van der Waals surface area contributed by atoms with E-state index in [1.807, 2.05) is 30.3 Å². The van der Waals surface area contributed by atoms with E-state index in [9.17, 15) is 5.11 Å². The molecule has 0 bridgehead atoms. The Kier molecular flexibility index (Phi) is 4.46. The van der Waals surface area contributed by atoms with Crippen LogP contribution in [0, 0.1) is 13.8 Å². The second-order valence-corrected chi connectivity index (χ2v) is 5.11. The highest BCUT2D eigenvalue weighted by atomic mass is 35.5. The summed E-state index contributed by atoms with van der Waals surface area (Å²) in [7, 11) is 0. The van der Waals surface area contributed by atoms with Crippen LogP contribution in [-0.2, 0) is 0 Å². The third kappa shape index (κ3) is 3.28. The highest BCUT2D eigenvalue weighted by molar-refractivity contribution is 6.33. The zero-order valence-electron chi connectivity index (χ0n) is 11.2. The smallest absolute Gasteiger partial charge is 0.0745 e. The van der Waals surface area contributed by atoms with E-state index in [4.69, 9.17) is 11.6 Å². The Morgan fingerprint density at radius 3 is 2.47 bits per heavy atom. The Bertz CT molecular complexity index is 568. The number of hydrogen-bond donors (Lipinski definition) is 2. The van der Waals surface area contributed by atoms with E-state index in [-0.39, 0.29) is 12.6 Å². The van der Waals surface area contributed by atoms with Gasteiger partial charge in [-0.3, -0.25) is 0 Å². The fourth-order valence-corrected chi connectivity index (χ4v) is 2.17. The number of anilines is 1. The summed E-state index contributed by atoms with van der Waals surface area (Å²) in [6.07, 6.45) is 0. The van der Waals surface area contributed by atoms with Crippen molar-refractivity contribution in [3.8, 4) is 0 Å². The molecule has 100 valence electrons. The number of hydrogen-bond acceptors (Lipinski definition) is 2. The van der Waals surface area contributed by atoms with Crippen molar-refractivity contribution < 1.29 is 5.11 Å². The monoisotopic (exact) mass is 275 g/mol. The minimum atomic E-state index is -0.154. The third-order valence-electron chi connectivity index (χ3n) is 3.32. The first-order chi connectivity index (χ1) is 9.11. The summed E-state index contributed by atoms with van der Waals surface area (Å²) >= 11 is 6.13. The Morgan fingerprint density at radius 2 is 1.84 bits per heavy atom. The number of para-hydroxylation sites is 1. The molecule has 0 heterocycles. The first-order valence-electron chi connectivity index (χ1n) is 6.31. The van der Waals surface area contributed by atoms with Gasteiger partial charge in [0.05, 0.1) is 23.4 Å². The van der Waals surface area contributed by atoms with E-state index in [1.165, 1.54) is 11.1 Å². The fourth-order valence-electron chi connectivity index (χ4n) is 1.98. The SMILES string of the molecule is Cc1ccc(C(CO)Nc2ccccc2Cl)cc1C. The molecule has 0 saturated carbocycles. The quantitative estimate of drug-likeness (QED) is 0.880. The number of nitrogens with one attached hydrogen (secondary N) is 1. The fraction of sp³-hybridized carbons (Fsp3) is 0.250. The predicted molar refractivity (Wildman–Crippen MR) is 80.8 cm³/mol. The summed E-state index contributed by atoms with van der Waals surface area (Å²) in [6, 6.07) is 13.6. The molecular formula is C16H18ClNO. The molecule has 0 fully saturated rings. The van der Waals surface area contributed by atoms with Gasteiger partial charge in [-0.15, -0.1) is 0 Å². The Hall–Kier alpha value is -1.51. The average molecular weight is 276 g/mol. The van der Waals surface area contributed by atoms with Crippen LogP contribution in [-0.4, -0.2) is 11.7 Å². The van der Waals surface area contributed by atoms with E-state index in [0.717, 1.165) is 11.3 Å². The molecule has 0 aliphatic heterocycles. The average Bonchev–Trinajstić information content (AvgIpc) is 2.41. The summed E-state index contributed by atoms with van der Waals surface area (Å²) in [6.45, 7) is 4.17. The molecule has 2 rings (SSSR count). The molecule has 0 aliphatic carbocycles. The van der Waals surface area contributed by atoms with Crippen LogP contribution in [0.2, 0.25) is 5.02 Å². The third-order valence-corrected chi connectivity index (χ3v) is 3.65. The number of aliphatic hydroxyl groups excluding tert-OH is 1. The van der Waals surface area contributed by atoms with Crippen molar-refractivity contribution in [1.29, 1.82) is 0 Å². The van der Waals surface area contributed by atoms with Crippen LogP contribution >= 0.6 is 11.6 Å². The summed E-state index contributed by atoms with van der Waals surface area (Å²) < 4.78 is 0. The largest absolute Gasteiger partial charge is 0.394 e. The van der Waals surface area contributed by atoms with Gasteiger partial charge in [0.1, 0.15) is 0 Å². The first-order valence-corrected chi connectivity index (χ1v) is 6.68. The van der Waals surface area contributed by atoms with Crippen LogP contribution in [0.15, 0.2) is 42.5 Å². The molecule has 1 unspecified atom stereocenters. The standard InChI is InChI=1S/C16H18ClNO/c1-11-7-8-13(9-12(11)2)16(10-19)18-15-6-4-3-5-14(15)17/h3-9,16,18-19H,10H2,1-2H3. The molecule has 0 spiro atoms. The summed E-state index contributed by atoms with van der Waals surface area (Å²) in [5.74, 6) is 0. The molecule has 19 heavy (non-hydrogen) atoms. The topological polar surface area (TPSA) is 32.3 Å². The van der Waals surface area contributed by atoms with Crippen molar-refractivity contribution in [1.82, 2.24) is 0 Å². The highest BCUT2D eigenvalue weighted by Crippen LogP contribution is 2.26. The zero-order chi connectivity index (χ0) is 13.8. The molecule has 0 amide bonds. The lowest BCUT2D eigenvalue weighted by Gasteiger charge is -2.19. The molecular weight excluding hydrogens is 258 g/mol. The minimum Gasteiger partial charge on any atom is -0.394 e. The van der Waals surface area contributed by atoms with Crippen molar-refractivity contribution in [2.45, 2.75) is 19.9 Å². The predicted octanol–water partition coefficient (Wildman–Crippen LogP) is 4.10. The second-order valence-electron chi connectivity index (χ2n) is 4.70. The first kappa shape index (κ1) is 13.9. The molecule has 3 heteroatoms. The summed E-state index contributed by atoms with van der Waals surface area (Å²) in [4.78, 5) is 0. The molecule has 0 aliphatic rings. The van der Waals surface area contributed by atoms with Crippen LogP contribution in [0.3, 0.4) is 0 Å². The van der Waals surface area contributed by atoms with Crippen molar-refractivity contribution in [3.63, 3.8) is 0 Å². The molecule has 0 aromatic heterocycles. The van der Waals surface area contributed by atoms with E-state index in [2.05, 4.69) is 31.3 Å². The highest BCUT2D eigenvalue weighted by Gasteiger charge is 2.12. The van der Waals surface area contributed by atoms with Gasteiger partial charge >= 0.3 is 0 Å². The maximum atomic E-state index is 9.59. The number of halogens is 1. The van der Waals surface area contributed by atoms with Gasteiger partial charge in [-0.1, -0.05) is 41.9 Å². The van der Waals surface area contributed by atoms with Gasteiger partial charge in [0.15, 0.2) is 0 Å². The van der Waals surface area contributed by atoms with E-state index in [1.54, 1.807) is 0 Å². The van der Waals surface area contributed by atoms with Crippen LogP contribution in [0.1, 0.15) is 22.7 Å². The van der Waals surface area contributed by atoms with Gasteiger partial charge in [0.2, 0.25) is 0 Å². The van der Waals surface area contributed by atoms with Crippen molar-refractivity contribution in [2.24, 2.45) is 0 Å². The number of rotatable bonds is 4. The van der Waals surface area contributed by atoms with Crippen molar-refractivity contribution in [2.75, 3.05) is 11.9 Å². The van der Waals surface area contributed by atoms with E-state index < -0.39 is 0 Å². The molecule has 1 atom stereocenters.